The van der Waals surface area contributed by atoms with Crippen molar-refractivity contribution >= 4 is 0 Å². The molecule has 1 heterocycles. The molecule has 1 aromatic heterocycles. The summed E-state index contributed by atoms with van der Waals surface area (Å²) >= 11 is 0. The molecule has 0 spiro atoms. The lowest BCUT2D eigenvalue weighted by Crippen LogP contribution is -2.17. The Hall–Kier alpha value is -3.05. The molecule has 3 aromatic rings. The summed E-state index contributed by atoms with van der Waals surface area (Å²) in [6.07, 6.45) is 2.54. The third-order valence-electron chi connectivity index (χ3n) is 4.42. The largest absolute Gasteiger partial charge is 0.508 e. The number of aromatic hydroxyl groups is 1. The van der Waals surface area contributed by atoms with Gasteiger partial charge in [0.1, 0.15) is 17.2 Å². The first-order chi connectivity index (χ1) is 13.2. The summed E-state index contributed by atoms with van der Waals surface area (Å²) in [6.45, 7) is 1.36. The highest BCUT2D eigenvalue weighted by atomic mass is 16.5. The van der Waals surface area contributed by atoms with Crippen LogP contribution in [0.5, 0.6) is 17.2 Å². The van der Waals surface area contributed by atoms with Crippen LogP contribution in [0.15, 0.2) is 60.8 Å². The van der Waals surface area contributed by atoms with Crippen molar-refractivity contribution in [2.24, 2.45) is 0 Å². The molecule has 0 aliphatic carbocycles. The van der Waals surface area contributed by atoms with Crippen molar-refractivity contribution in [1.29, 1.82) is 0 Å². The van der Waals surface area contributed by atoms with Gasteiger partial charge in [-0.15, -0.1) is 0 Å². The van der Waals surface area contributed by atoms with E-state index in [2.05, 4.69) is 10.3 Å². The molecule has 0 fully saturated rings. The number of nitrogens with zero attached hydrogens (tertiary/aromatic N) is 1. The molecule has 0 bridgehead atoms. The second-order valence-electron chi connectivity index (χ2n) is 6.13. The van der Waals surface area contributed by atoms with Gasteiger partial charge in [0.2, 0.25) is 0 Å². The van der Waals surface area contributed by atoms with Crippen molar-refractivity contribution in [3.05, 3.63) is 71.9 Å². The third kappa shape index (κ3) is 4.57. The zero-order valence-corrected chi connectivity index (χ0v) is 15.6. The van der Waals surface area contributed by atoms with Gasteiger partial charge in [-0.1, -0.05) is 24.3 Å². The van der Waals surface area contributed by atoms with Gasteiger partial charge in [-0.2, -0.15) is 0 Å². The Morgan fingerprint density at radius 3 is 2.41 bits per heavy atom. The monoisotopic (exact) mass is 364 g/mol. The van der Waals surface area contributed by atoms with Crippen LogP contribution < -0.4 is 14.8 Å². The summed E-state index contributed by atoms with van der Waals surface area (Å²) in [5.41, 5.74) is 3.68. The van der Waals surface area contributed by atoms with Gasteiger partial charge in [0.25, 0.3) is 0 Å². The van der Waals surface area contributed by atoms with Crippen molar-refractivity contribution in [1.82, 2.24) is 10.3 Å². The van der Waals surface area contributed by atoms with E-state index in [4.69, 9.17) is 9.47 Å². The second-order valence-corrected chi connectivity index (χ2v) is 6.13. The highest BCUT2D eigenvalue weighted by Gasteiger charge is 2.13. The standard InChI is InChI=1S/C22H24N2O3/c1-26-21-14-18(19-8-5-6-11-24-19)22(27-2)13-16(21)10-12-23-15-17-7-3-4-9-20(17)25/h3-9,11,13-14,23,25H,10,12,15H2,1-2H3. The summed E-state index contributed by atoms with van der Waals surface area (Å²) in [7, 11) is 3.33. The topological polar surface area (TPSA) is 63.6 Å². The molecular formula is C22H24N2O3. The van der Waals surface area contributed by atoms with Gasteiger partial charge in [-0.3, -0.25) is 4.98 Å². The Bertz CT molecular complexity index is 882. The molecule has 140 valence electrons. The van der Waals surface area contributed by atoms with E-state index < -0.39 is 0 Å². The average molecular weight is 364 g/mol. The summed E-state index contributed by atoms with van der Waals surface area (Å²) in [6, 6.07) is 17.1. The fourth-order valence-electron chi connectivity index (χ4n) is 2.98. The van der Waals surface area contributed by atoms with Crippen LogP contribution in [0.1, 0.15) is 11.1 Å². The number of phenolic OH excluding ortho intramolecular Hbond substituents is 1. The Kier molecular flexibility index (Phi) is 6.28. The molecule has 2 N–H and O–H groups in total. The van der Waals surface area contributed by atoms with Crippen LogP contribution in [0.4, 0.5) is 0 Å². The van der Waals surface area contributed by atoms with E-state index >= 15 is 0 Å². The summed E-state index contributed by atoms with van der Waals surface area (Å²) < 4.78 is 11.2. The highest BCUT2D eigenvalue weighted by Crippen LogP contribution is 2.35. The number of nitrogens with one attached hydrogen (secondary N) is 1. The first-order valence-corrected chi connectivity index (χ1v) is 8.87. The maximum atomic E-state index is 9.83. The molecule has 0 aliphatic heterocycles. The summed E-state index contributed by atoms with van der Waals surface area (Å²) in [4.78, 5) is 4.41. The lowest BCUT2D eigenvalue weighted by molar-refractivity contribution is 0.399. The molecule has 0 saturated carbocycles. The second kappa shape index (κ2) is 9.05. The maximum absolute atomic E-state index is 9.83. The number of hydrogen-bond acceptors (Lipinski definition) is 5. The van der Waals surface area contributed by atoms with Crippen molar-refractivity contribution in [3.8, 4) is 28.5 Å². The Morgan fingerprint density at radius 2 is 1.70 bits per heavy atom. The number of benzene rings is 2. The normalized spacial score (nSPS) is 10.6. The zero-order valence-electron chi connectivity index (χ0n) is 15.6. The maximum Gasteiger partial charge on any atom is 0.128 e. The number of para-hydroxylation sites is 1. The molecule has 0 unspecified atom stereocenters. The first kappa shape index (κ1) is 18.7. The van der Waals surface area contributed by atoms with E-state index in [0.717, 1.165) is 46.8 Å². The minimum atomic E-state index is 0.309. The van der Waals surface area contributed by atoms with Gasteiger partial charge in [0.15, 0.2) is 0 Å². The number of hydrogen-bond donors (Lipinski definition) is 2. The smallest absolute Gasteiger partial charge is 0.128 e. The minimum absolute atomic E-state index is 0.309. The molecule has 0 amide bonds. The van der Waals surface area contributed by atoms with E-state index in [9.17, 15) is 5.11 Å². The Labute approximate surface area is 159 Å². The van der Waals surface area contributed by atoms with Crippen LogP contribution >= 0.6 is 0 Å². The van der Waals surface area contributed by atoms with Gasteiger partial charge >= 0.3 is 0 Å². The van der Waals surface area contributed by atoms with Gasteiger partial charge in [-0.05, 0) is 48.9 Å². The summed E-state index contributed by atoms with van der Waals surface area (Å²) in [5, 5.41) is 13.2. The molecule has 2 aromatic carbocycles. The van der Waals surface area contributed by atoms with Crippen LogP contribution in [0.2, 0.25) is 0 Å². The van der Waals surface area contributed by atoms with Crippen molar-refractivity contribution < 1.29 is 14.6 Å². The molecule has 5 heteroatoms. The van der Waals surface area contributed by atoms with E-state index in [0.29, 0.717) is 12.3 Å². The van der Waals surface area contributed by atoms with Crippen LogP contribution in [0.25, 0.3) is 11.3 Å². The third-order valence-corrected chi connectivity index (χ3v) is 4.42. The van der Waals surface area contributed by atoms with Crippen molar-refractivity contribution in [3.63, 3.8) is 0 Å². The molecule has 27 heavy (non-hydrogen) atoms. The number of pyridine rings is 1. The van der Waals surface area contributed by atoms with Crippen LogP contribution in [-0.4, -0.2) is 30.9 Å². The molecule has 0 saturated heterocycles. The number of ether oxygens (including phenoxy) is 2. The molecule has 0 aliphatic rings. The van der Waals surface area contributed by atoms with Gasteiger partial charge in [0, 0.05) is 23.9 Å². The Balaban J connectivity index is 1.72. The SMILES string of the molecule is COc1cc(-c2ccccn2)c(OC)cc1CCNCc1ccccc1O. The van der Waals surface area contributed by atoms with Gasteiger partial charge < -0.3 is 19.9 Å². The predicted octanol–water partition coefficient (Wildman–Crippen LogP) is 3.80. The van der Waals surface area contributed by atoms with E-state index in [-0.39, 0.29) is 0 Å². The Morgan fingerprint density at radius 1 is 0.926 bits per heavy atom. The number of phenols is 1. The number of methoxy groups -OCH3 is 2. The number of rotatable bonds is 8. The first-order valence-electron chi connectivity index (χ1n) is 8.87. The van der Waals surface area contributed by atoms with Crippen molar-refractivity contribution in [2.75, 3.05) is 20.8 Å². The average Bonchev–Trinajstić information content (AvgIpc) is 2.72. The van der Waals surface area contributed by atoms with Crippen molar-refractivity contribution in [2.45, 2.75) is 13.0 Å². The highest BCUT2D eigenvalue weighted by molar-refractivity contribution is 5.70. The molecular weight excluding hydrogens is 340 g/mol. The predicted molar refractivity (Wildman–Crippen MR) is 106 cm³/mol. The fourth-order valence-corrected chi connectivity index (χ4v) is 2.98. The van der Waals surface area contributed by atoms with Crippen LogP contribution in [0, 0.1) is 0 Å². The molecule has 0 atom stereocenters. The number of aromatic nitrogens is 1. The summed E-state index contributed by atoms with van der Waals surface area (Å²) in [5.74, 6) is 1.88. The van der Waals surface area contributed by atoms with Crippen LogP contribution in [-0.2, 0) is 13.0 Å². The lowest BCUT2D eigenvalue weighted by atomic mass is 10.0. The molecule has 5 nitrogen and oxygen atoms in total. The molecule has 3 rings (SSSR count). The fraction of sp³-hybridized carbons (Fsp3) is 0.227. The van der Waals surface area contributed by atoms with E-state index in [1.165, 1.54) is 0 Å². The van der Waals surface area contributed by atoms with Gasteiger partial charge in [-0.25, -0.2) is 0 Å². The van der Waals surface area contributed by atoms with E-state index in [1.807, 2.05) is 48.5 Å². The van der Waals surface area contributed by atoms with E-state index in [1.54, 1.807) is 26.5 Å². The quantitative estimate of drug-likeness (QED) is 0.595. The van der Waals surface area contributed by atoms with Gasteiger partial charge in [0.05, 0.1) is 19.9 Å². The minimum Gasteiger partial charge on any atom is -0.508 e. The zero-order chi connectivity index (χ0) is 19.1. The lowest BCUT2D eigenvalue weighted by Gasteiger charge is -2.15. The van der Waals surface area contributed by atoms with Crippen LogP contribution in [0.3, 0.4) is 0 Å². The molecule has 0 radical (unpaired) electrons.